The molecule has 1 aliphatic heterocycles. The van der Waals surface area contributed by atoms with Crippen LogP contribution in [0.1, 0.15) is 12.1 Å². The summed E-state index contributed by atoms with van der Waals surface area (Å²) in [6.45, 7) is 4.43. The van der Waals surface area contributed by atoms with Gasteiger partial charge >= 0.3 is 0 Å². The largest absolute Gasteiger partial charge is 0.352 e. The van der Waals surface area contributed by atoms with Gasteiger partial charge in [0.15, 0.2) is 5.65 Å². The molecule has 3 aromatic heterocycles. The third-order valence-electron chi connectivity index (χ3n) is 4.36. The maximum absolute atomic E-state index is 5.66. The summed E-state index contributed by atoms with van der Waals surface area (Å²) < 4.78 is 2.12. The van der Waals surface area contributed by atoms with Crippen molar-refractivity contribution in [1.82, 2.24) is 24.4 Å². The Morgan fingerprint density at radius 2 is 2.33 bits per heavy atom. The van der Waals surface area contributed by atoms with Crippen LogP contribution in [0.4, 0.5) is 5.95 Å². The van der Waals surface area contributed by atoms with Gasteiger partial charge in [-0.1, -0.05) is 0 Å². The Bertz CT molecular complexity index is 798. The van der Waals surface area contributed by atoms with Crippen molar-refractivity contribution < 1.29 is 0 Å². The number of hydrogen-bond donors (Lipinski definition) is 2. The van der Waals surface area contributed by atoms with Crippen molar-refractivity contribution >= 4 is 28.4 Å². The summed E-state index contributed by atoms with van der Waals surface area (Å²) in [6, 6.07) is 4.31. The second kappa shape index (κ2) is 6.84. The van der Waals surface area contributed by atoms with Gasteiger partial charge in [-0.3, -0.25) is 9.47 Å². The standard InChI is InChI=1S/C16H21N7S/c17-4-7-22-6-3-12(8-22)20-16-21-14-2-1-5-18-15(14)23(16)9-13-10-24-11-19-13/h1-2,5,10-12H,3-4,6-9,17H2,(H,20,21). The van der Waals surface area contributed by atoms with E-state index in [1.165, 1.54) is 0 Å². The lowest BCUT2D eigenvalue weighted by molar-refractivity contribution is 0.346. The number of nitrogens with zero attached hydrogens (tertiary/aromatic N) is 5. The monoisotopic (exact) mass is 343 g/mol. The Labute approximate surface area is 144 Å². The molecule has 0 spiro atoms. The SMILES string of the molecule is NCCN1CCC(Nc2nc3cccnc3n2Cc2cscn2)C1. The highest BCUT2D eigenvalue weighted by Gasteiger charge is 2.24. The smallest absolute Gasteiger partial charge is 0.205 e. The van der Waals surface area contributed by atoms with Gasteiger partial charge in [0, 0.05) is 43.8 Å². The quantitative estimate of drug-likeness (QED) is 0.703. The number of hydrogen-bond acceptors (Lipinski definition) is 7. The van der Waals surface area contributed by atoms with Crippen molar-refractivity contribution in [3.05, 3.63) is 34.9 Å². The number of nitrogens with one attached hydrogen (secondary N) is 1. The average molecular weight is 343 g/mol. The van der Waals surface area contributed by atoms with E-state index in [-0.39, 0.29) is 0 Å². The summed E-state index contributed by atoms with van der Waals surface area (Å²) in [4.78, 5) is 16.1. The van der Waals surface area contributed by atoms with E-state index in [2.05, 4.69) is 30.1 Å². The molecule has 8 heteroatoms. The zero-order chi connectivity index (χ0) is 16.4. The zero-order valence-corrected chi connectivity index (χ0v) is 14.2. The third-order valence-corrected chi connectivity index (χ3v) is 4.99. The molecule has 7 nitrogen and oxygen atoms in total. The molecule has 3 aromatic rings. The molecule has 1 atom stereocenters. The number of fused-ring (bicyclic) bond motifs is 1. The minimum absolute atomic E-state index is 0.391. The first-order valence-corrected chi connectivity index (χ1v) is 9.15. The van der Waals surface area contributed by atoms with Crippen LogP contribution in [0.5, 0.6) is 0 Å². The van der Waals surface area contributed by atoms with E-state index >= 15 is 0 Å². The molecule has 0 aliphatic carbocycles. The Hall–Kier alpha value is -2.03. The lowest BCUT2D eigenvalue weighted by Crippen LogP contribution is -2.30. The molecule has 0 aromatic carbocycles. The number of imidazole rings is 1. The Morgan fingerprint density at radius 3 is 3.17 bits per heavy atom. The summed E-state index contributed by atoms with van der Waals surface area (Å²) in [5.74, 6) is 0.872. The van der Waals surface area contributed by atoms with Gasteiger partial charge < -0.3 is 11.1 Å². The maximum Gasteiger partial charge on any atom is 0.205 e. The first kappa shape index (κ1) is 15.5. The number of aromatic nitrogens is 4. The molecule has 1 aliphatic rings. The molecule has 126 valence electrons. The van der Waals surface area contributed by atoms with Crippen LogP contribution in [0.15, 0.2) is 29.2 Å². The van der Waals surface area contributed by atoms with Gasteiger partial charge in [-0.15, -0.1) is 11.3 Å². The Balaban J connectivity index is 1.60. The molecule has 1 saturated heterocycles. The minimum atomic E-state index is 0.391. The molecular weight excluding hydrogens is 322 g/mol. The highest BCUT2D eigenvalue weighted by molar-refractivity contribution is 7.07. The number of anilines is 1. The van der Waals surface area contributed by atoms with Gasteiger partial charge in [0.05, 0.1) is 17.7 Å². The molecule has 0 amide bonds. The van der Waals surface area contributed by atoms with E-state index in [0.717, 1.165) is 48.9 Å². The lowest BCUT2D eigenvalue weighted by Gasteiger charge is -2.16. The van der Waals surface area contributed by atoms with Crippen LogP contribution < -0.4 is 11.1 Å². The Morgan fingerprint density at radius 1 is 1.38 bits per heavy atom. The van der Waals surface area contributed by atoms with Gasteiger partial charge in [0.25, 0.3) is 0 Å². The summed E-state index contributed by atoms with van der Waals surface area (Å²) in [7, 11) is 0. The van der Waals surface area contributed by atoms with Gasteiger partial charge in [-0.25, -0.2) is 15.0 Å². The number of rotatable bonds is 6. The molecular formula is C16H21N7S. The topological polar surface area (TPSA) is 84.9 Å². The fourth-order valence-electron chi connectivity index (χ4n) is 3.21. The van der Waals surface area contributed by atoms with Crippen molar-refractivity contribution in [2.75, 3.05) is 31.5 Å². The molecule has 4 rings (SSSR count). The fraction of sp³-hybridized carbons (Fsp3) is 0.438. The fourth-order valence-corrected chi connectivity index (χ4v) is 3.76. The van der Waals surface area contributed by atoms with E-state index in [9.17, 15) is 0 Å². The molecule has 0 saturated carbocycles. The van der Waals surface area contributed by atoms with Crippen molar-refractivity contribution in [1.29, 1.82) is 0 Å². The number of likely N-dealkylation sites (tertiary alicyclic amines) is 1. The second-order valence-electron chi connectivity index (χ2n) is 6.07. The highest BCUT2D eigenvalue weighted by Crippen LogP contribution is 2.22. The third kappa shape index (κ3) is 3.12. The van der Waals surface area contributed by atoms with E-state index in [0.29, 0.717) is 19.1 Å². The minimum Gasteiger partial charge on any atom is -0.352 e. The van der Waals surface area contributed by atoms with Crippen molar-refractivity contribution in [3.63, 3.8) is 0 Å². The second-order valence-corrected chi connectivity index (χ2v) is 6.79. The van der Waals surface area contributed by atoms with Crippen LogP contribution >= 0.6 is 11.3 Å². The summed E-state index contributed by atoms with van der Waals surface area (Å²) in [5, 5.41) is 5.67. The predicted molar refractivity (Wildman–Crippen MR) is 96.3 cm³/mol. The normalized spacial score (nSPS) is 18.5. The first-order chi connectivity index (χ1) is 11.8. The van der Waals surface area contributed by atoms with Crippen molar-refractivity contribution in [2.24, 2.45) is 5.73 Å². The van der Waals surface area contributed by atoms with Gasteiger partial charge in [-0.05, 0) is 18.6 Å². The molecule has 1 unspecified atom stereocenters. The van der Waals surface area contributed by atoms with Crippen LogP contribution in [-0.4, -0.2) is 56.6 Å². The van der Waals surface area contributed by atoms with E-state index < -0.39 is 0 Å². The van der Waals surface area contributed by atoms with Gasteiger partial charge in [-0.2, -0.15) is 0 Å². The molecule has 0 bridgehead atoms. The lowest BCUT2D eigenvalue weighted by atomic mass is 10.3. The highest BCUT2D eigenvalue weighted by atomic mass is 32.1. The maximum atomic E-state index is 5.66. The zero-order valence-electron chi connectivity index (χ0n) is 13.4. The molecule has 4 heterocycles. The number of nitrogens with two attached hydrogens (primary N) is 1. The van der Waals surface area contributed by atoms with Crippen molar-refractivity contribution in [3.8, 4) is 0 Å². The first-order valence-electron chi connectivity index (χ1n) is 8.21. The van der Waals surface area contributed by atoms with Crippen LogP contribution in [0, 0.1) is 0 Å². The van der Waals surface area contributed by atoms with Gasteiger partial charge in [0.2, 0.25) is 5.95 Å². The molecule has 0 radical (unpaired) electrons. The molecule has 1 fully saturated rings. The van der Waals surface area contributed by atoms with E-state index in [4.69, 9.17) is 10.7 Å². The molecule has 3 N–H and O–H groups in total. The predicted octanol–water partition coefficient (Wildman–Crippen LogP) is 1.38. The van der Waals surface area contributed by atoms with Crippen LogP contribution in [0.3, 0.4) is 0 Å². The number of thiazole rings is 1. The van der Waals surface area contributed by atoms with E-state index in [1.807, 2.05) is 23.8 Å². The average Bonchev–Trinajstić information content (AvgIpc) is 3.31. The Kier molecular flexibility index (Phi) is 4.42. The van der Waals surface area contributed by atoms with Crippen molar-refractivity contribution in [2.45, 2.75) is 19.0 Å². The summed E-state index contributed by atoms with van der Waals surface area (Å²) in [6.07, 6.45) is 2.91. The van der Waals surface area contributed by atoms with E-state index in [1.54, 1.807) is 11.3 Å². The van der Waals surface area contributed by atoms with Crippen LogP contribution in [-0.2, 0) is 6.54 Å². The summed E-state index contributed by atoms with van der Waals surface area (Å²) in [5.41, 5.74) is 10.4. The van der Waals surface area contributed by atoms with Gasteiger partial charge in [0.1, 0.15) is 5.52 Å². The van der Waals surface area contributed by atoms with Crippen LogP contribution in [0.2, 0.25) is 0 Å². The number of pyridine rings is 1. The van der Waals surface area contributed by atoms with Crippen LogP contribution in [0.25, 0.3) is 11.2 Å². The molecule has 24 heavy (non-hydrogen) atoms. The summed E-state index contributed by atoms with van der Waals surface area (Å²) >= 11 is 1.61.